The number of esters is 2. The molecule has 4 N–H and O–H groups in total. The van der Waals surface area contributed by atoms with Crippen LogP contribution < -0.4 is 0 Å². The van der Waals surface area contributed by atoms with Crippen LogP contribution >= 0.6 is 0 Å². The van der Waals surface area contributed by atoms with E-state index in [2.05, 4.69) is 38.2 Å². The van der Waals surface area contributed by atoms with Crippen molar-refractivity contribution < 1.29 is 56.8 Å². The Hall–Kier alpha value is -1.87. The van der Waals surface area contributed by atoms with Crippen LogP contribution in [0.5, 0.6) is 0 Å². The number of hydrogen-bond donors (Lipinski definition) is 4. The van der Waals surface area contributed by atoms with Crippen molar-refractivity contribution in [1.29, 1.82) is 0 Å². The zero-order valence-electron chi connectivity index (χ0n) is 38.3. The summed E-state index contributed by atoms with van der Waals surface area (Å²) in [7, 11) is -4.60. The highest BCUT2D eigenvalue weighted by atomic mass is 32.2. The highest BCUT2D eigenvalue weighted by molar-refractivity contribution is 7.85. The molecular weight excluding hydrogens is 801 g/mol. The second-order valence-corrected chi connectivity index (χ2v) is 18.6. The smallest absolute Gasteiger partial charge is 0.306 e. The van der Waals surface area contributed by atoms with Gasteiger partial charge in [-0.05, 0) is 44.9 Å². The van der Waals surface area contributed by atoms with E-state index < -0.39 is 71.2 Å². The normalized spacial score (nSPS) is 20.1. The monoisotopic (exact) mass is 889 g/mol. The van der Waals surface area contributed by atoms with Crippen LogP contribution in [-0.2, 0) is 38.7 Å². The second kappa shape index (κ2) is 38.6. The summed E-state index contributed by atoms with van der Waals surface area (Å²) in [6, 6.07) is 0. The summed E-state index contributed by atoms with van der Waals surface area (Å²) in [5.41, 5.74) is 0. The van der Waals surface area contributed by atoms with Gasteiger partial charge in [0, 0.05) is 12.8 Å². The number of allylic oxidation sites excluding steroid dienone is 4. The van der Waals surface area contributed by atoms with Gasteiger partial charge in [-0.1, -0.05) is 179 Å². The molecule has 1 aliphatic rings. The van der Waals surface area contributed by atoms with Gasteiger partial charge in [-0.25, -0.2) is 0 Å². The van der Waals surface area contributed by atoms with E-state index >= 15 is 0 Å². The van der Waals surface area contributed by atoms with Crippen molar-refractivity contribution in [3.63, 3.8) is 0 Å². The lowest BCUT2D eigenvalue weighted by atomic mass is 10.00. The molecule has 1 fully saturated rings. The third kappa shape index (κ3) is 33.3. The predicted octanol–water partition coefficient (Wildman–Crippen LogP) is 10.4. The molecule has 12 nitrogen and oxygen atoms in total. The standard InChI is InChI=1S/C48H88O12S/c1-3-5-7-9-11-13-15-17-19-20-21-23-24-26-28-30-32-34-36-43(49)57-38-41(39-58-48-47(53)46(52)45(51)42(60-48)40-61(54,55)56)59-44(50)37-35-33-31-29-27-25-22-18-16-14-12-10-8-6-4-2/h12,14,18,22,41-42,45-48,51-53H,3-11,13,15-17,19-21,23-40H2,1-2H3,(H,54,55,56)/b14-12+,22-18+/t41-,42-,45-,46?,47?,48+/m1/s1. The fourth-order valence-corrected chi connectivity index (χ4v) is 8.16. The number of rotatable bonds is 41. The van der Waals surface area contributed by atoms with Crippen molar-refractivity contribution in [2.24, 2.45) is 0 Å². The molecule has 6 atom stereocenters. The SMILES string of the molecule is CCCCC/C=C/C/C=C/CCCCCCCC(=O)O[C@H](COC(=O)CCCCCCCCCCCCCCCCCCCC)CO[C@H]1O[C@H](CS(=O)(=O)O)[C@@H](O)C(O)C1O. The molecule has 0 aromatic heterocycles. The van der Waals surface area contributed by atoms with Crippen molar-refractivity contribution in [1.82, 2.24) is 0 Å². The minimum atomic E-state index is -4.60. The molecule has 1 saturated heterocycles. The molecule has 358 valence electrons. The van der Waals surface area contributed by atoms with E-state index in [1.807, 2.05) is 0 Å². The van der Waals surface area contributed by atoms with Gasteiger partial charge in [0.25, 0.3) is 10.1 Å². The Morgan fingerprint density at radius 3 is 1.48 bits per heavy atom. The number of hydrogen-bond acceptors (Lipinski definition) is 11. The van der Waals surface area contributed by atoms with Gasteiger partial charge in [0.05, 0.1) is 6.61 Å². The summed E-state index contributed by atoms with van der Waals surface area (Å²) in [4.78, 5) is 25.5. The first-order chi connectivity index (χ1) is 29.5. The van der Waals surface area contributed by atoms with Crippen LogP contribution in [0.3, 0.4) is 0 Å². The number of unbranched alkanes of at least 4 members (excludes halogenated alkanes) is 25. The van der Waals surface area contributed by atoms with Gasteiger partial charge >= 0.3 is 11.9 Å². The maximum Gasteiger partial charge on any atom is 0.306 e. The zero-order chi connectivity index (χ0) is 44.8. The Morgan fingerprint density at radius 1 is 0.557 bits per heavy atom. The topological polar surface area (TPSA) is 186 Å². The molecule has 0 spiro atoms. The molecule has 2 unspecified atom stereocenters. The molecule has 0 saturated carbocycles. The van der Waals surface area contributed by atoms with Gasteiger partial charge in [0.1, 0.15) is 36.8 Å². The molecule has 0 aromatic carbocycles. The van der Waals surface area contributed by atoms with E-state index in [1.165, 1.54) is 109 Å². The van der Waals surface area contributed by atoms with Crippen LogP contribution in [0.2, 0.25) is 0 Å². The van der Waals surface area contributed by atoms with Crippen LogP contribution in [0.4, 0.5) is 0 Å². The zero-order valence-corrected chi connectivity index (χ0v) is 39.1. The van der Waals surface area contributed by atoms with E-state index in [0.717, 1.165) is 64.2 Å². The number of ether oxygens (including phenoxy) is 4. The molecule has 0 aliphatic carbocycles. The average molecular weight is 889 g/mol. The van der Waals surface area contributed by atoms with Crippen LogP contribution in [0.15, 0.2) is 24.3 Å². The first-order valence-electron chi connectivity index (χ1n) is 24.4. The number of carbonyl (C=O) groups excluding carboxylic acids is 2. The van der Waals surface area contributed by atoms with Crippen LogP contribution in [0.1, 0.15) is 213 Å². The van der Waals surface area contributed by atoms with Gasteiger partial charge in [0.15, 0.2) is 12.4 Å². The van der Waals surface area contributed by atoms with E-state index in [0.29, 0.717) is 12.8 Å². The molecule has 1 heterocycles. The van der Waals surface area contributed by atoms with Crippen LogP contribution in [-0.4, -0.2) is 96.0 Å². The minimum absolute atomic E-state index is 0.151. The quantitative estimate of drug-likeness (QED) is 0.0197. The van der Waals surface area contributed by atoms with Crippen molar-refractivity contribution in [3.05, 3.63) is 24.3 Å². The summed E-state index contributed by atoms with van der Waals surface area (Å²) >= 11 is 0. The van der Waals surface area contributed by atoms with Crippen LogP contribution in [0.25, 0.3) is 0 Å². The molecule has 61 heavy (non-hydrogen) atoms. The lowest BCUT2D eigenvalue weighted by molar-refractivity contribution is -0.297. The first-order valence-corrected chi connectivity index (χ1v) is 26.0. The highest BCUT2D eigenvalue weighted by Gasteiger charge is 2.46. The van der Waals surface area contributed by atoms with E-state index in [9.17, 15) is 37.9 Å². The lowest BCUT2D eigenvalue weighted by Gasteiger charge is -2.40. The van der Waals surface area contributed by atoms with Gasteiger partial charge < -0.3 is 34.3 Å². The second-order valence-electron chi connectivity index (χ2n) is 17.1. The van der Waals surface area contributed by atoms with Crippen molar-refractivity contribution in [3.8, 4) is 0 Å². The van der Waals surface area contributed by atoms with Crippen molar-refractivity contribution in [2.45, 2.75) is 250 Å². The Morgan fingerprint density at radius 2 is 0.984 bits per heavy atom. The summed E-state index contributed by atoms with van der Waals surface area (Å²) in [5.74, 6) is -1.99. The number of carbonyl (C=O) groups is 2. The van der Waals surface area contributed by atoms with E-state index in [-0.39, 0.29) is 19.4 Å². The molecule has 13 heteroatoms. The summed E-state index contributed by atoms with van der Waals surface area (Å²) in [6.07, 6.45) is 33.6. The summed E-state index contributed by atoms with van der Waals surface area (Å²) in [5, 5.41) is 30.9. The number of aliphatic hydroxyl groups excluding tert-OH is 3. The minimum Gasteiger partial charge on any atom is -0.462 e. The van der Waals surface area contributed by atoms with E-state index in [4.69, 9.17) is 18.9 Å². The average Bonchev–Trinajstić information content (AvgIpc) is 3.22. The number of aliphatic hydroxyl groups is 3. The predicted molar refractivity (Wildman–Crippen MR) is 243 cm³/mol. The molecule has 0 radical (unpaired) electrons. The van der Waals surface area contributed by atoms with Crippen molar-refractivity contribution >= 4 is 22.1 Å². The fourth-order valence-electron chi connectivity index (χ4n) is 7.47. The summed E-state index contributed by atoms with van der Waals surface area (Å²) in [6.45, 7) is 3.75. The Balaban J connectivity index is 2.40. The largest absolute Gasteiger partial charge is 0.462 e. The molecular formula is C48H88O12S. The molecule has 1 rings (SSSR count). The molecule has 0 bridgehead atoms. The maximum atomic E-state index is 12.8. The van der Waals surface area contributed by atoms with Crippen molar-refractivity contribution in [2.75, 3.05) is 19.0 Å². The Bertz CT molecular complexity index is 1220. The third-order valence-corrected chi connectivity index (χ3v) is 12.0. The molecule has 0 aromatic rings. The lowest BCUT2D eigenvalue weighted by Crippen LogP contribution is -2.60. The maximum absolute atomic E-state index is 12.8. The first kappa shape index (κ1) is 57.1. The molecule has 1 aliphatic heterocycles. The van der Waals surface area contributed by atoms with Gasteiger partial charge in [0.2, 0.25) is 0 Å². The Labute approximate surface area is 370 Å². The third-order valence-electron chi connectivity index (χ3n) is 11.3. The van der Waals surface area contributed by atoms with Gasteiger partial charge in [-0.15, -0.1) is 0 Å². The molecule has 0 amide bonds. The summed E-state index contributed by atoms with van der Waals surface area (Å²) < 4.78 is 54.1. The Kier molecular flexibility index (Phi) is 36.1. The fraction of sp³-hybridized carbons (Fsp3) is 0.875. The van der Waals surface area contributed by atoms with E-state index in [1.54, 1.807) is 0 Å². The highest BCUT2D eigenvalue weighted by Crippen LogP contribution is 2.24. The van der Waals surface area contributed by atoms with Crippen LogP contribution in [0, 0.1) is 0 Å². The van der Waals surface area contributed by atoms with Gasteiger partial charge in [-0.3, -0.25) is 14.1 Å². The van der Waals surface area contributed by atoms with Gasteiger partial charge in [-0.2, -0.15) is 8.42 Å².